The van der Waals surface area contributed by atoms with Crippen LogP contribution in [0.1, 0.15) is 40.0 Å². The van der Waals surface area contributed by atoms with Gasteiger partial charge in [0, 0.05) is 38.3 Å². The quantitative estimate of drug-likeness (QED) is 0.264. The fraction of sp³-hybridized carbons (Fsp3) is 0.933. The van der Waals surface area contributed by atoms with Gasteiger partial charge in [-0.15, -0.1) is 24.0 Å². The highest BCUT2D eigenvalue weighted by Gasteiger charge is 2.15. The third-order valence-corrected chi connectivity index (χ3v) is 3.43. The molecule has 0 amide bonds. The van der Waals surface area contributed by atoms with Crippen molar-refractivity contribution in [1.82, 2.24) is 10.6 Å². The Kier molecular flexibility index (Phi) is 13.5. The Labute approximate surface area is 146 Å². The summed E-state index contributed by atoms with van der Waals surface area (Å²) in [5.74, 6) is 1.51. The van der Waals surface area contributed by atoms with Crippen LogP contribution >= 0.6 is 24.0 Å². The molecule has 0 saturated carbocycles. The van der Waals surface area contributed by atoms with Crippen LogP contribution in [0.25, 0.3) is 0 Å². The Balaban J connectivity index is 0.00000400. The molecule has 126 valence electrons. The van der Waals surface area contributed by atoms with Gasteiger partial charge in [0.15, 0.2) is 5.96 Å². The normalized spacial score (nSPS) is 20.0. The smallest absolute Gasteiger partial charge is 0.191 e. The number of hydrogen-bond acceptors (Lipinski definition) is 3. The summed E-state index contributed by atoms with van der Waals surface area (Å²) in [6.45, 7) is 11.5. The summed E-state index contributed by atoms with van der Waals surface area (Å²) in [4.78, 5) is 4.56. The van der Waals surface area contributed by atoms with Gasteiger partial charge in [-0.2, -0.15) is 0 Å². The Morgan fingerprint density at radius 1 is 1.43 bits per heavy atom. The number of ether oxygens (including phenoxy) is 2. The molecule has 1 saturated heterocycles. The van der Waals surface area contributed by atoms with Gasteiger partial charge < -0.3 is 20.1 Å². The van der Waals surface area contributed by atoms with E-state index >= 15 is 0 Å². The number of nitrogens with one attached hydrogen (secondary N) is 2. The lowest BCUT2D eigenvalue weighted by Gasteiger charge is -2.16. The van der Waals surface area contributed by atoms with E-state index in [-0.39, 0.29) is 24.0 Å². The average Bonchev–Trinajstić information content (AvgIpc) is 2.95. The molecule has 1 rings (SSSR count). The lowest BCUT2D eigenvalue weighted by atomic mass is 10.1. The third kappa shape index (κ3) is 10.3. The van der Waals surface area contributed by atoms with Crippen molar-refractivity contribution < 1.29 is 9.47 Å². The Bertz CT molecular complexity index is 272. The van der Waals surface area contributed by atoms with Crippen LogP contribution in [0.2, 0.25) is 0 Å². The lowest BCUT2D eigenvalue weighted by Crippen LogP contribution is -2.42. The van der Waals surface area contributed by atoms with E-state index in [1.165, 1.54) is 0 Å². The van der Waals surface area contributed by atoms with Crippen LogP contribution in [0, 0.1) is 5.92 Å². The molecule has 1 fully saturated rings. The largest absolute Gasteiger partial charge is 0.381 e. The van der Waals surface area contributed by atoms with Crippen molar-refractivity contribution in [3.05, 3.63) is 0 Å². The molecule has 1 aliphatic rings. The van der Waals surface area contributed by atoms with Crippen molar-refractivity contribution in [3.63, 3.8) is 0 Å². The minimum atomic E-state index is 0. The van der Waals surface area contributed by atoms with Gasteiger partial charge in [0.25, 0.3) is 0 Å². The predicted molar refractivity (Wildman–Crippen MR) is 98.6 cm³/mol. The van der Waals surface area contributed by atoms with E-state index in [0.717, 1.165) is 64.7 Å². The van der Waals surface area contributed by atoms with Crippen LogP contribution in [-0.2, 0) is 9.47 Å². The second-order valence-electron chi connectivity index (χ2n) is 5.37. The maximum absolute atomic E-state index is 5.67. The molecule has 2 atom stereocenters. The standard InChI is InChI=1S/C15H31N3O2.HI/c1-4-13(3)18-15(16-5-2)17-8-6-9-19-11-14-7-10-20-12-14;/h13-14H,4-12H2,1-3H3,(H2,16,17,18);1H. The summed E-state index contributed by atoms with van der Waals surface area (Å²) >= 11 is 0. The van der Waals surface area contributed by atoms with Crippen LogP contribution < -0.4 is 10.6 Å². The summed E-state index contributed by atoms with van der Waals surface area (Å²) in [7, 11) is 0. The highest BCUT2D eigenvalue weighted by Crippen LogP contribution is 2.12. The van der Waals surface area contributed by atoms with Crippen LogP contribution in [0.15, 0.2) is 4.99 Å². The summed E-state index contributed by atoms with van der Waals surface area (Å²) in [6, 6.07) is 0.450. The molecule has 6 heteroatoms. The van der Waals surface area contributed by atoms with Crippen molar-refractivity contribution in [1.29, 1.82) is 0 Å². The summed E-state index contributed by atoms with van der Waals surface area (Å²) in [5, 5.41) is 6.65. The van der Waals surface area contributed by atoms with Gasteiger partial charge >= 0.3 is 0 Å². The Morgan fingerprint density at radius 3 is 2.86 bits per heavy atom. The summed E-state index contributed by atoms with van der Waals surface area (Å²) < 4.78 is 11.0. The highest BCUT2D eigenvalue weighted by molar-refractivity contribution is 14.0. The van der Waals surface area contributed by atoms with E-state index < -0.39 is 0 Å². The first kappa shape index (κ1) is 20.9. The van der Waals surface area contributed by atoms with Crippen molar-refractivity contribution in [3.8, 4) is 0 Å². The molecule has 0 aromatic carbocycles. The first-order valence-corrected chi connectivity index (χ1v) is 7.96. The molecular formula is C15H32IN3O2. The maximum Gasteiger partial charge on any atom is 0.191 e. The molecule has 2 unspecified atom stereocenters. The zero-order chi connectivity index (χ0) is 14.6. The zero-order valence-corrected chi connectivity index (χ0v) is 16.0. The van der Waals surface area contributed by atoms with Crippen molar-refractivity contribution in [2.45, 2.75) is 46.1 Å². The second-order valence-corrected chi connectivity index (χ2v) is 5.37. The van der Waals surface area contributed by atoms with Gasteiger partial charge in [0.2, 0.25) is 0 Å². The summed E-state index contributed by atoms with van der Waals surface area (Å²) in [6.07, 6.45) is 3.20. The fourth-order valence-corrected chi connectivity index (χ4v) is 1.98. The van der Waals surface area contributed by atoms with Gasteiger partial charge in [0.1, 0.15) is 0 Å². The Hall–Kier alpha value is -0.0800. The minimum absolute atomic E-state index is 0. The van der Waals surface area contributed by atoms with E-state index in [9.17, 15) is 0 Å². The molecule has 0 aromatic heterocycles. The number of halogens is 1. The number of rotatable bonds is 9. The van der Waals surface area contributed by atoms with Gasteiger partial charge in [0.05, 0.1) is 13.2 Å². The predicted octanol–water partition coefficient (Wildman–Crippen LogP) is 2.40. The fourth-order valence-electron chi connectivity index (χ4n) is 1.98. The van der Waals surface area contributed by atoms with Crippen LogP contribution in [-0.4, -0.2) is 51.5 Å². The molecule has 2 N–H and O–H groups in total. The van der Waals surface area contributed by atoms with E-state index in [1.807, 2.05) is 0 Å². The molecule has 0 radical (unpaired) electrons. The number of hydrogen-bond donors (Lipinski definition) is 2. The molecule has 0 bridgehead atoms. The van der Waals surface area contributed by atoms with Crippen LogP contribution in [0.5, 0.6) is 0 Å². The number of aliphatic imine (C=N–C) groups is 1. The Morgan fingerprint density at radius 2 is 2.24 bits per heavy atom. The van der Waals surface area contributed by atoms with E-state index in [2.05, 4.69) is 36.4 Å². The molecule has 0 aromatic rings. The monoisotopic (exact) mass is 413 g/mol. The molecule has 0 aliphatic carbocycles. The van der Waals surface area contributed by atoms with Crippen molar-refractivity contribution >= 4 is 29.9 Å². The molecule has 21 heavy (non-hydrogen) atoms. The maximum atomic E-state index is 5.67. The minimum Gasteiger partial charge on any atom is -0.381 e. The first-order valence-electron chi connectivity index (χ1n) is 7.96. The van der Waals surface area contributed by atoms with Crippen molar-refractivity contribution in [2.24, 2.45) is 10.9 Å². The molecule has 1 aliphatic heterocycles. The summed E-state index contributed by atoms with van der Waals surface area (Å²) in [5.41, 5.74) is 0. The lowest BCUT2D eigenvalue weighted by molar-refractivity contribution is 0.0893. The topological polar surface area (TPSA) is 54.9 Å². The van der Waals surface area contributed by atoms with Gasteiger partial charge in [-0.05, 0) is 33.1 Å². The van der Waals surface area contributed by atoms with E-state index in [1.54, 1.807) is 0 Å². The van der Waals surface area contributed by atoms with E-state index in [4.69, 9.17) is 9.47 Å². The molecular weight excluding hydrogens is 381 g/mol. The molecule has 1 heterocycles. The molecule has 5 nitrogen and oxygen atoms in total. The van der Waals surface area contributed by atoms with Gasteiger partial charge in [-0.25, -0.2) is 0 Å². The van der Waals surface area contributed by atoms with Crippen LogP contribution in [0.4, 0.5) is 0 Å². The second kappa shape index (κ2) is 13.6. The van der Waals surface area contributed by atoms with E-state index in [0.29, 0.717) is 12.0 Å². The van der Waals surface area contributed by atoms with Crippen molar-refractivity contribution in [2.75, 3.05) is 39.5 Å². The zero-order valence-electron chi connectivity index (χ0n) is 13.7. The third-order valence-electron chi connectivity index (χ3n) is 3.43. The van der Waals surface area contributed by atoms with Crippen LogP contribution in [0.3, 0.4) is 0 Å². The van der Waals surface area contributed by atoms with Gasteiger partial charge in [-0.3, -0.25) is 4.99 Å². The SMILES string of the molecule is CCNC(=NCCCOCC1CCOC1)NC(C)CC.I. The highest BCUT2D eigenvalue weighted by atomic mass is 127. The number of nitrogens with zero attached hydrogens (tertiary/aromatic N) is 1. The number of guanidine groups is 1. The first-order chi connectivity index (χ1) is 9.76. The van der Waals surface area contributed by atoms with Gasteiger partial charge in [-0.1, -0.05) is 6.92 Å². The average molecular weight is 413 g/mol. The molecule has 0 spiro atoms.